The van der Waals surface area contributed by atoms with E-state index in [1.54, 1.807) is 36.5 Å². The lowest BCUT2D eigenvalue weighted by Crippen LogP contribution is -2.38. The highest BCUT2D eigenvalue weighted by molar-refractivity contribution is 7.89. The number of hydrogen-bond donors (Lipinski definition) is 0. The summed E-state index contributed by atoms with van der Waals surface area (Å²) in [5.74, 6) is 0.510. The van der Waals surface area contributed by atoms with Gasteiger partial charge in [0.25, 0.3) is 0 Å². The van der Waals surface area contributed by atoms with Crippen molar-refractivity contribution in [2.75, 3.05) is 13.1 Å². The van der Waals surface area contributed by atoms with Crippen LogP contribution in [-0.4, -0.2) is 40.9 Å². The van der Waals surface area contributed by atoms with Gasteiger partial charge in [0, 0.05) is 36.2 Å². The van der Waals surface area contributed by atoms with Crippen LogP contribution < -0.4 is 0 Å². The number of sulfonamides is 1. The Balaban J connectivity index is 1.33. The number of pyridine rings is 1. The second-order valence-electron chi connectivity index (χ2n) is 7.47. The summed E-state index contributed by atoms with van der Waals surface area (Å²) < 4.78 is 46.6. The van der Waals surface area contributed by atoms with Crippen molar-refractivity contribution in [1.29, 1.82) is 0 Å². The minimum Gasteiger partial charge on any atom is -0.339 e. The fraction of sp³-hybridized carbons (Fsp3) is 0.227. The second kappa shape index (κ2) is 7.82. The van der Waals surface area contributed by atoms with Crippen molar-refractivity contribution >= 4 is 20.9 Å². The molecule has 0 atom stereocenters. The zero-order valence-electron chi connectivity index (χ0n) is 16.5. The van der Waals surface area contributed by atoms with Crippen LogP contribution in [0.15, 0.2) is 70.2 Å². The van der Waals surface area contributed by atoms with Crippen LogP contribution in [-0.2, 0) is 10.0 Å². The largest absolute Gasteiger partial charge is 0.339 e. The van der Waals surface area contributed by atoms with E-state index in [1.807, 2.05) is 12.1 Å². The molecule has 1 fully saturated rings. The molecular formula is C22H19FN4O3S. The highest BCUT2D eigenvalue weighted by Crippen LogP contribution is 2.32. The first-order valence-corrected chi connectivity index (χ1v) is 11.4. The Kier molecular flexibility index (Phi) is 4.99. The highest BCUT2D eigenvalue weighted by atomic mass is 32.2. The van der Waals surface area contributed by atoms with Gasteiger partial charge in [-0.15, -0.1) is 0 Å². The molecule has 31 heavy (non-hydrogen) atoms. The van der Waals surface area contributed by atoms with E-state index in [9.17, 15) is 12.8 Å². The highest BCUT2D eigenvalue weighted by Gasteiger charge is 2.33. The third-order valence-electron chi connectivity index (χ3n) is 5.56. The van der Waals surface area contributed by atoms with Gasteiger partial charge in [0.2, 0.25) is 21.7 Å². The van der Waals surface area contributed by atoms with Crippen LogP contribution in [0, 0.1) is 5.82 Å². The van der Waals surface area contributed by atoms with E-state index in [4.69, 9.17) is 4.52 Å². The summed E-state index contributed by atoms with van der Waals surface area (Å²) in [7, 11) is -3.67. The molecule has 1 saturated heterocycles. The second-order valence-corrected chi connectivity index (χ2v) is 9.38. The number of benzene rings is 2. The average Bonchev–Trinajstić information content (AvgIpc) is 3.29. The number of piperidine rings is 1. The first-order valence-electron chi connectivity index (χ1n) is 9.96. The van der Waals surface area contributed by atoms with Crippen LogP contribution in [0.5, 0.6) is 0 Å². The summed E-state index contributed by atoms with van der Waals surface area (Å²) in [5, 5.41) is 4.78. The van der Waals surface area contributed by atoms with Crippen molar-refractivity contribution in [3.05, 3.63) is 72.5 Å². The van der Waals surface area contributed by atoms with E-state index in [1.165, 1.54) is 16.4 Å². The molecule has 0 unspecified atom stereocenters. The van der Waals surface area contributed by atoms with Crippen molar-refractivity contribution in [2.45, 2.75) is 23.7 Å². The average molecular weight is 438 g/mol. The van der Waals surface area contributed by atoms with Crippen molar-refractivity contribution in [1.82, 2.24) is 19.4 Å². The quantitative estimate of drug-likeness (QED) is 0.479. The Morgan fingerprint density at radius 1 is 1.00 bits per heavy atom. The number of para-hydroxylation sites is 1. The van der Waals surface area contributed by atoms with Crippen LogP contribution in [0.4, 0.5) is 4.39 Å². The maximum absolute atomic E-state index is 13.3. The number of halogens is 1. The molecular weight excluding hydrogens is 419 g/mol. The molecule has 158 valence electrons. The van der Waals surface area contributed by atoms with E-state index in [-0.39, 0.29) is 16.6 Å². The zero-order chi connectivity index (χ0) is 21.4. The van der Waals surface area contributed by atoms with Crippen molar-refractivity contribution in [2.24, 2.45) is 0 Å². The fourth-order valence-corrected chi connectivity index (χ4v) is 5.52. The Morgan fingerprint density at radius 3 is 2.52 bits per heavy atom. The maximum Gasteiger partial charge on any atom is 0.245 e. The first kappa shape index (κ1) is 19.8. The normalized spacial score (nSPS) is 16.0. The number of nitrogens with zero attached hydrogens (tertiary/aromatic N) is 4. The molecule has 0 N–H and O–H groups in total. The maximum atomic E-state index is 13.3. The van der Waals surface area contributed by atoms with Gasteiger partial charge in [-0.05, 0) is 49.2 Å². The van der Waals surface area contributed by atoms with Crippen molar-refractivity contribution < 1.29 is 17.3 Å². The van der Waals surface area contributed by atoms with E-state index in [0.29, 0.717) is 48.7 Å². The van der Waals surface area contributed by atoms with Crippen LogP contribution in [0.1, 0.15) is 24.7 Å². The summed E-state index contributed by atoms with van der Waals surface area (Å²) in [6, 6.07) is 14.7. The molecule has 9 heteroatoms. The Morgan fingerprint density at radius 2 is 1.74 bits per heavy atom. The van der Waals surface area contributed by atoms with Gasteiger partial charge in [-0.1, -0.05) is 23.4 Å². The lowest BCUT2D eigenvalue weighted by atomic mass is 9.98. The number of fused-ring (bicyclic) bond motifs is 1. The van der Waals surface area contributed by atoms with Gasteiger partial charge >= 0.3 is 0 Å². The van der Waals surface area contributed by atoms with E-state index >= 15 is 0 Å². The van der Waals surface area contributed by atoms with E-state index in [2.05, 4.69) is 15.1 Å². The molecule has 1 aliphatic rings. The van der Waals surface area contributed by atoms with Gasteiger partial charge in [-0.3, -0.25) is 4.98 Å². The topological polar surface area (TPSA) is 89.2 Å². The van der Waals surface area contributed by atoms with E-state index < -0.39 is 10.0 Å². The van der Waals surface area contributed by atoms with Crippen LogP contribution in [0.3, 0.4) is 0 Å². The van der Waals surface area contributed by atoms with Gasteiger partial charge in [-0.2, -0.15) is 9.29 Å². The molecule has 0 radical (unpaired) electrons. The molecule has 0 amide bonds. The van der Waals surface area contributed by atoms with Gasteiger partial charge in [0.1, 0.15) is 10.7 Å². The molecule has 3 heterocycles. The van der Waals surface area contributed by atoms with Crippen LogP contribution in [0.25, 0.3) is 22.3 Å². The minimum absolute atomic E-state index is 0.0289. The third kappa shape index (κ3) is 3.70. The fourth-order valence-electron chi connectivity index (χ4n) is 3.88. The minimum atomic E-state index is -3.67. The molecule has 1 aliphatic heterocycles. The Labute approximate surface area is 178 Å². The summed E-state index contributed by atoms with van der Waals surface area (Å²) in [4.78, 5) is 8.94. The molecule has 2 aromatic carbocycles. The summed E-state index contributed by atoms with van der Waals surface area (Å²) in [5.41, 5.74) is 1.15. The van der Waals surface area contributed by atoms with Crippen LogP contribution in [0.2, 0.25) is 0 Å². The van der Waals surface area contributed by atoms with E-state index in [0.717, 1.165) is 5.39 Å². The molecule has 0 bridgehead atoms. The van der Waals surface area contributed by atoms with Crippen molar-refractivity contribution in [3.8, 4) is 11.4 Å². The molecule has 0 aliphatic carbocycles. The summed E-state index contributed by atoms with van der Waals surface area (Å²) in [6.07, 6.45) is 2.74. The Bertz CT molecular complexity index is 1330. The molecule has 0 saturated carbocycles. The van der Waals surface area contributed by atoms with Gasteiger partial charge in [-0.25, -0.2) is 12.8 Å². The zero-order valence-corrected chi connectivity index (χ0v) is 17.3. The predicted octanol–water partition coefficient (Wildman–Crippen LogP) is 3.99. The molecule has 4 aromatic rings. The van der Waals surface area contributed by atoms with Gasteiger partial charge < -0.3 is 4.52 Å². The third-order valence-corrected chi connectivity index (χ3v) is 7.49. The SMILES string of the molecule is O=S(=O)(c1cccc2cccnc12)N1CCC(c2nc(-c3ccc(F)cc3)no2)CC1. The smallest absolute Gasteiger partial charge is 0.245 e. The van der Waals surface area contributed by atoms with Gasteiger partial charge in [0.15, 0.2) is 0 Å². The lowest BCUT2D eigenvalue weighted by molar-refractivity contribution is 0.271. The summed E-state index contributed by atoms with van der Waals surface area (Å²) in [6.45, 7) is 0.703. The monoisotopic (exact) mass is 438 g/mol. The molecule has 5 rings (SSSR count). The predicted molar refractivity (Wildman–Crippen MR) is 112 cm³/mol. The first-order chi connectivity index (χ1) is 15.0. The number of hydrogen-bond acceptors (Lipinski definition) is 6. The standard InChI is InChI=1S/C22H19FN4O3S/c23-18-8-6-16(7-9-18)21-25-22(30-26-21)17-10-13-27(14-11-17)31(28,29)19-5-1-3-15-4-2-12-24-20(15)19/h1-9,12,17H,10-11,13-14H2. The van der Waals surface area contributed by atoms with Crippen LogP contribution >= 0.6 is 0 Å². The molecule has 2 aromatic heterocycles. The molecule has 0 spiro atoms. The van der Waals surface area contributed by atoms with Gasteiger partial charge in [0.05, 0.1) is 5.52 Å². The lowest BCUT2D eigenvalue weighted by Gasteiger charge is -2.29. The number of rotatable bonds is 4. The summed E-state index contributed by atoms with van der Waals surface area (Å²) >= 11 is 0. The number of aromatic nitrogens is 3. The Hall–Kier alpha value is -3.17. The van der Waals surface area contributed by atoms with Crippen molar-refractivity contribution in [3.63, 3.8) is 0 Å². The molecule has 7 nitrogen and oxygen atoms in total.